The molecule has 132 valence electrons. The van der Waals surface area contributed by atoms with Gasteiger partial charge in [0.15, 0.2) is 5.11 Å². The maximum Gasteiger partial charge on any atom is 0.226 e. The number of hydrogen-bond acceptors (Lipinski definition) is 4. The zero-order valence-electron chi connectivity index (χ0n) is 14.2. The molecular weight excluding hydrogens is 324 g/mol. The third-order valence-corrected chi connectivity index (χ3v) is 4.23. The highest BCUT2D eigenvalue weighted by Gasteiger charge is 2.19. The molecular formula is C18H26N2O3S. The second kappa shape index (κ2) is 10.3. The van der Waals surface area contributed by atoms with Gasteiger partial charge >= 0.3 is 0 Å². The maximum absolute atomic E-state index is 12.0. The Balaban J connectivity index is 1.80. The second-order valence-electron chi connectivity index (χ2n) is 5.90. The quantitative estimate of drug-likeness (QED) is 0.555. The largest absolute Gasteiger partial charge is 0.489 e. The minimum atomic E-state index is -0.0193. The Morgan fingerprint density at radius 2 is 2.00 bits per heavy atom. The highest BCUT2D eigenvalue weighted by atomic mass is 32.1. The van der Waals surface area contributed by atoms with Crippen molar-refractivity contribution in [2.24, 2.45) is 5.92 Å². The van der Waals surface area contributed by atoms with Crippen LogP contribution in [0.3, 0.4) is 0 Å². The van der Waals surface area contributed by atoms with Crippen LogP contribution in [0.1, 0.15) is 39.0 Å². The number of carbonyl (C=O) groups is 1. The molecule has 24 heavy (non-hydrogen) atoms. The Morgan fingerprint density at radius 1 is 1.25 bits per heavy atom. The Hall–Kier alpha value is -1.66. The van der Waals surface area contributed by atoms with E-state index < -0.39 is 0 Å². The van der Waals surface area contributed by atoms with Crippen molar-refractivity contribution in [3.8, 4) is 5.75 Å². The van der Waals surface area contributed by atoms with E-state index in [0.29, 0.717) is 43.0 Å². The number of benzene rings is 1. The predicted molar refractivity (Wildman–Crippen MR) is 99.4 cm³/mol. The maximum atomic E-state index is 12.0. The van der Waals surface area contributed by atoms with Crippen LogP contribution in [0.25, 0.3) is 0 Å². The minimum Gasteiger partial charge on any atom is -0.489 e. The van der Waals surface area contributed by atoms with E-state index in [1.165, 1.54) is 12.8 Å². The van der Waals surface area contributed by atoms with Gasteiger partial charge in [0.2, 0.25) is 5.91 Å². The number of thiocarbonyl (C=S) groups is 1. The fourth-order valence-electron chi connectivity index (χ4n) is 2.86. The number of para-hydroxylation sites is 2. The van der Waals surface area contributed by atoms with Gasteiger partial charge in [0.1, 0.15) is 12.4 Å². The summed E-state index contributed by atoms with van der Waals surface area (Å²) in [6.45, 7) is 3.61. The zero-order valence-corrected chi connectivity index (χ0v) is 15.0. The number of hydrogen-bond donors (Lipinski definition) is 2. The van der Waals surface area contributed by atoms with E-state index in [2.05, 4.69) is 10.6 Å². The number of ether oxygens (including phenoxy) is 2. The van der Waals surface area contributed by atoms with Gasteiger partial charge < -0.3 is 20.1 Å². The van der Waals surface area contributed by atoms with Crippen LogP contribution in [0.4, 0.5) is 5.69 Å². The van der Waals surface area contributed by atoms with E-state index in [0.717, 1.165) is 18.5 Å². The molecule has 1 aromatic rings. The third-order valence-electron chi connectivity index (χ3n) is 4.03. The summed E-state index contributed by atoms with van der Waals surface area (Å²) in [6.07, 6.45) is 5.29. The molecule has 5 nitrogen and oxygen atoms in total. The number of amides is 1. The lowest BCUT2D eigenvalue weighted by molar-refractivity contribution is -0.120. The first-order valence-corrected chi connectivity index (χ1v) is 9.00. The smallest absolute Gasteiger partial charge is 0.226 e. The van der Waals surface area contributed by atoms with Crippen LogP contribution >= 0.6 is 12.2 Å². The Morgan fingerprint density at radius 3 is 2.75 bits per heavy atom. The lowest BCUT2D eigenvalue weighted by Gasteiger charge is -2.15. The van der Waals surface area contributed by atoms with Crippen molar-refractivity contribution in [2.75, 3.05) is 25.1 Å². The molecule has 6 heteroatoms. The average Bonchev–Trinajstić information content (AvgIpc) is 3.05. The molecule has 0 radical (unpaired) electrons. The molecule has 1 fully saturated rings. The van der Waals surface area contributed by atoms with Gasteiger partial charge in [-0.3, -0.25) is 4.79 Å². The van der Waals surface area contributed by atoms with Gasteiger partial charge in [-0.15, -0.1) is 0 Å². The highest BCUT2D eigenvalue weighted by Crippen LogP contribution is 2.27. The molecule has 0 aliphatic heterocycles. The van der Waals surface area contributed by atoms with Gasteiger partial charge in [-0.25, -0.2) is 0 Å². The van der Waals surface area contributed by atoms with E-state index in [-0.39, 0.29) is 5.91 Å². The molecule has 2 rings (SSSR count). The Labute approximate surface area is 149 Å². The van der Waals surface area contributed by atoms with Gasteiger partial charge in [-0.05, 0) is 50.0 Å². The van der Waals surface area contributed by atoms with Crippen molar-refractivity contribution in [3.63, 3.8) is 0 Å². The summed E-state index contributed by atoms with van der Waals surface area (Å²) >= 11 is 5.24. The summed E-state index contributed by atoms with van der Waals surface area (Å²) in [7, 11) is 0. The molecule has 2 N–H and O–H groups in total. The normalized spacial score (nSPS) is 14.4. The second-order valence-corrected chi connectivity index (χ2v) is 6.31. The number of rotatable bonds is 8. The summed E-state index contributed by atoms with van der Waals surface area (Å²) in [5.74, 6) is 1.17. The Bertz CT molecular complexity index is 545. The first-order valence-electron chi connectivity index (χ1n) is 8.59. The molecule has 1 aliphatic carbocycles. The van der Waals surface area contributed by atoms with E-state index in [4.69, 9.17) is 21.7 Å². The number of nitrogens with one attached hydrogen (secondary N) is 2. The summed E-state index contributed by atoms with van der Waals surface area (Å²) in [4.78, 5) is 12.0. The first-order chi connectivity index (χ1) is 11.7. The van der Waals surface area contributed by atoms with Crippen LogP contribution in [0.5, 0.6) is 5.75 Å². The van der Waals surface area contributed by atoms with Crippen molar-refractivity contribution in [3.05, 3.63) is 24.3 Å². The van der Waals surface area contributed by atoms with Crippen LogP contribution < -0.4 is 15.4 Å². The molecule has 1 amide bonds. The molecule has 0 spiro atoms. The topological polar surface area (TPSA) is 59.6 Å². The van der Waals surface area contributed by atoms with E-state index in [1.54, 1.807) is 0 Å². The lowest BCUT2D eigenvalue weighted by atomic mass is 10.0. The van der Waals surface area contributed by atoms with Crippen molar-refractivity contribution >= 4 is 28.9 Å². The summed E-state index contributed by atoms with van der Waals surface area (Å²) in [5.41, 5.74) is 0.736. The van der Waals surface area contributed by atoms with Crippen molar-refractivity contribution in [2.45, 2.75) is 39.0 Å². The molecule has 0 heterocycles. The summed E-state index contributed by atoms with van der Waals surface area (Å²) < 4.78 is 11.0. The standard InChI is InChI=1S/C18H26N2O3S/c1-2-22-11-12-23-16-10-6-5-9-15(16)19-18(24)20-17(21)13-14-7-3-4-8-14/h5-6,9-10,14H,2-4,7-8,11-13H2,1H3,(H2,19,20,21,24). The molecule has 0 bridgehead atoms. The molecule has 0 unspecified atom stereocenters. The van der Waals surface area contributed by atoms with Crippen LogP contribution in [-0.4, -0.2) is 30.8 Å². The van der Waals surface area contributed by atoms with Gasteiger partial charge in [0, 0.05) is 13.0 Å². The molecule has 0 aromatic heterocycles. The molecule has 0 atom stereocenters. The SMILES string of the molecule is CCOCCOc1ccccc1NC(=S)NC(=O)CC1CCCC1. The van der Waals surface area contributed by atoms with Crippen molar-refractivity contribution in [1.82, 2.24) is 5.32 Å². The minimum absolute atomic E-state index is 0.0193. The molecule has 1 aliphatic rings. The van der Waals surface area contributed by atoms with Crippen LogP contribution in [0.2, 0.25) is 0 Å². The van der Waals surface area contributed by atoms with Crippen molar-refractivity contribution in [1.29, 1.82) is 0 Å². The lowest BCUT2D eigenvalue weighted by Crippen LogP contribution is -2.35. The Kier molecular flexibility index (Phi) is 7.98. The predicted octanol–water partition coefficient (Wildman–Crippen LogP) is 3.50. The van der Waals surface area contributed by atoms with Crippen molar-refractivity contribution < 1.29 is 14.3 Å². The molecule has 1 saturated carbocycles. The van der Waals surface area contributed by atoms with E-state index in [9.17, 15) is 4.79 Å². The monoisotopic (exact) mass is 350 g/mol. The van der Waals surface area contributed by atoms with Gasteiger partial charge in [0.05, 0.1) is 12.3 Å². The summed E-state index contributed by atoms with van der Waals surface area (Å²) in [6, 6.07) is 7.51. The fourth-order valence-corrected chi connectivity index (χ4v) is 3.08. The zero-order chi connectivity index (χ0) is 17.2. The number of carbonyl (C=O) groups excluding carboxylic acids is 1. The van der Waals surface area contributed by atoms with Gasteiger partial charge in [0.25, 0.3) is 0 Å². The average molecular weight is 350 g/mol. The third kappa shape index (κ3) is 6.45. The highest BCUT2D eigenvalue weighted by molar-refractivity contribution is 7.80. The number of anilines is 1. The van der Waals surface area contributed by atoms with Crippen LogP contribution in [0.15, 0.2) is 24.3 Å². The first kappa shape index (κ1) is 18.7. The molecule has 0 saturated heterocycles. The van der Waals surface area contributed by atoms with E-state index in [1.807, 2.05) is 31.2 Å². The van der Waals surface area contributed by atoms with E-state index >= 15 is 0 Å². The molecule has 1 aromatic carbocycles. The van der Waals surface area contributed by atoms with Gasteiger partial charge in [-0.2, -0.15) is 0 Å². The van der Waals surface area contributed by atoms with Gasteiger partial charge in [-0.1, -0.05) is 25.0 Å². The van der Waals surface area contributed by atoms with Crippen LogP contribution in [0, 0.1) is 5.92 Å². The summed E-state index contributed by atoms with van der Waals surface area (Å²) in [5, 5.41) is 6.11. The fraction of sp³-hybridized carbons (Fsp3) is 0.556. The van der Waals surface area contributed by atoms with Crippen LogP contribution in [-0.2, 0) is 9.53 Å².